The number of hydrogen-bond acceptors (Lipinski definition) is 3. The Balaban J connectivity index is 1.35. The first-order valence-electron chi connectivity index (χ1n) is 9.32. The van der Waals surface area contributed by atoms with Crippen molar-refractivity contribution < 1.29 is 0 Å². The highest BCUT2D eigenvalue weighted by Crippen LogP contribution is 2.20. The molecule has 0 aromatic heterocycles. The molecule has 1 saturated heterocycles. The predicted molar refractivity (Wildman–Crippen MR) is 110 cm³/mol. The van der Waals surface area contributed by atoms with Crippen LogP contribution < -0.4 is 0 Å². The van der Waals surface area contributed by atoms with Crippen LogP contribution in [0.3, 0.4) is 0 Å². The Labute approximate surface area is 155 Å². The van der Waals surface area contributed by atoms with Crippen molar-refractivity contribution >= 4 is 17.0 Å². The smallest absolute Gasteiger partial charge is 0.0542 e. The van der Waals surface area contributed by atoms with Crippen molar-refractivity contribution in [1.29, 1.82) is 0 Å². The fraction of sp³-hybridized carbons (Fsp3) is 0.261. The van der Waals surface area contributed by atoms with E-state index in [1.54, 1.807) is 0 Å². The summed E-state index contributed by atoms with van der Waals surface area (Å²) >= 11 is 0. The van der Waals surface area contributed by atoms with Crippen LogP contribution >= 0.6 is 0 Å². The molecule has 3 heteroatoms. The van der Waals surface area contributed by atoms with Crippen LogP contribution in [0.5, 0.6) is 0 Å². The van der Waals surface area contributed by atoms with E-state index in [4.69, 9.17) is 0 Å². The second-order valence-corrected chi connectivity index (χ2v) is 7.02. The van der Waals surface area contributed by atoms with E-state index in [1.165, 1.54) is 21.9 Å². The Bertz CT molecular complexity index is 885. The maximum Gasteiger partial charge on any atom is 0.0542 e. The molecule has 0 unspecified atom stereocenters. The lowest BCUT2D eigenvalue weighted by Crippen LogP contribution is -2.43. The minimum Gasteiger partial charge on any atom is -0.295 e. The fourth-order valence-electron chi connectivity index (χ4n) is 3.48. The monoisotopic (exact) mass is 343 g/mol. The summed E-state index contributed by atoms with van der Waals surface area (Å²) in [6, 6.07) is 23.8. The molecule has 1 aliphatic rings. The summed E-state index contributed by atoms with van der Waals surface area (Å²) in [7, 11) is 0. The molecule has 26 heavy (non-hydrogen) atoms. The van der Waals surface area contributed by atoms with Gasteiger partial charge in [-0.15, -0.1) is 0 Å². The summed E-state index contributed by atoms with van der Waals surface area (Å²) in [5.41, 5.74) is 3.86. The molecule has 0 radical (unpaired) electrons. The van der Waals surface area contributed by atoms with Crippen LogP contribution in [0.25, 0.3) is 10.8 Å². The Hall–Kier alpha value is -2.65. The lowest BCUT2D eigenvalue weighted by molar-refractivity contribution is 0.131. The van der Waals surface area contributed by atoms with Gasteiger partial charge in [-0.1, -0.05) is 72.3 Å². The molecule has 3 nitrogen and oxygen atoms in total. The van der Waals surface area contributed by atoms with Gasteiger partial charge in [-0.3, -0.25) is 9.91 Å². The summed E-state index contributed by atoms with van der Waals surface area (Å²) in [5, 5.41) is 9.53. The third kappa shape index (κ3) is 3.94. The zero-order chi connectivity index (χ0) is 17.8. The molecule has 0 saturated carbocycles. The quantitative estimate of drug-likeness (QED) is 0.658. The fourth-order valence-corrected chi connectivity index (χ4v) is 3.48. The first-order chi connectivity index (χ1) is 12.8. The Morgan fingerprint density at radius 2 is 1.58 bits per heavy atom. The molecular formula is C23H25N3. The zero-order valence-electron chi connectivity index (χ0n) is 15.3. The van der Waals surface area contributed by atoms with Crippen LogP contribution in [-0.2, 0) is 6.54 Å². The van der Waals surface area contributed by atoms with Crippen LogP contribution in [0.2, 0.25) is 0 Å². The molecule has 0 N–H and O–H groups in total. The Morgan fingerprint density at radius 3 is 2.38 bits per heavy atom. The third-order valence-electron chi connectivity index (χ3n) is 5.07. The van der Waals surface area contributed by atoms with Gasteiger partial charge in [-0.05, 0) is 28.8 Å². The van der Waals surface area contributed by atoms with Gasteiger partial charge in [-0.2, -0.15) is 5.10 Å². The second kappa shape index (κ2) is 7.71. The first-order valence-corrected chi connectivity index (χ1v) is 9.32. The third-order valence-corrected chi connectivity index (χ3v) is 5.07. The highest BCUT2D eigenvalue weighted by molar-refractivity contribution is 5.85. The van der Waals surface area contributed by atoms with E-state index in [2.05, 4.69) is 88.7 Å². The van der Waals surface area contributed by atoms with Crippen LogP contribution in [0.1, 0.15) is 16.7 Å². The number of benzene rings is 3. The molecule has 0 aliphatic carbocycles. The number of fused-ring (bicyclic) bond motifs is 1. The molecule has 0 spiro atoms. The maximum absolute atomic E-state index is 4.66. The number of aryl methyl sites for hydroxylation is 1. The standard InChI is InChI=1S/C23H25N3/c1-19-9-11-20(12-10-19)17-24-26-15-13-25(14-16-26)18-22-7-4-6-21-5-2-3-8-23(21)22/h2-12,17H,13-16,18H2,1H3/b24-17-. The van der Waals surface area contributed by atoms with Crippen LogP contribution in [0.15, 0.2) is 71.8 Å². The average molecular weight is 343 g/mol. The number of rotatable bonds is 4. The summed E-state index contributed by atoms with van der Waals surface area (Å²) in [5.74, 6) is 0. The molecule has 0 bridgehead atoms. The van der Waals surface area contributed by atoms with Crippen molar-refractivity contribution in [2.45, 2.75) is 13.5 Å². The molecule has 4 rings (SSSR count). The highest BCUT2D eigenvalue weighted by Gasteiger charge is 2.16. The molecule has 0 amide bonds. The molecule has 1 aliphatic heterocycles. The minimum atomic E-state index is 0.979. The predicted octanol–water partition coefficient (Wildman–Crippen LogP) is 4.30. The van der Waals surface area contributed by atoms with Gasteiger partial charge in [0.2, 0.25) is 0 Å². The lowest BCUT2D eigenvalue weighted by Gasteiger charge is -2.33. The second-order valence-electron chi connectivity index (χ2n) is 7.02. The molecule has 3 aromatic carbocycles. The number of nitrogens with zero attached hydrogens (tertiary/aromatic N) is 3. The van der Waals surface area contributed by atoms with E-state index in [0.717, 1.165) is 38.3 Å². The number of piperazine rings is 1. The molecular weight excluding hydrogens is 318 g/mol. The van der Waals surface area contributed by atoms with Crippen molar-refractivity contribution in [1.82, 2.24) is 9.91 Å². The van der Waals surface area contributed by atoms with Gasteiger partial charge in [-0.25, -0.2) is 0 Å². The SMILES string of the molecule is Cc1ccc(/C=N\N2CCN(Cc3cccc4ccccc34)CC2)cc1. The summed E-state index contributed by atoms with van der Waals surface area (Å²) in [6.45, 7) is 7.18. The summed E-state index contributed by atoms with van der Waals surface area (Å²) < 4.78 is 0. The van der Waals surface area contributed by atoms with Crippen molar-refractivity contribution in [3.8, 4) is 0 Å². The first kappa shape index (κ1) is 16.8. The lowest BCUT2D eigenvalue weighted by atomic mass is 10.0. The number of hydrazone groups is 1. The topological polar surface area (TPSA) is 18.8 Å². The van der Waals surface area contributed by atoms with E-state index >= 15 is 0 Å². The van der Waals surface area contributed by atoms with Gasteiger partial charge in [0.15, 0.2) is 0 Å². The van der Waals surface area contributed by atoms with Crippen molar-refractivity contribution in [3.63, 3.8) is 0 Å². The average Bonchev–Trinajstić information content (AvgIpc) is 2.69. The van der Waals surface area contributed by atoms with E-state index in [9.17, 15) is 0 Å². The zero-order valence-corrected chi connectivity index (χ0v) is 15.3. The van der Waals surface area contributed by atoms with E-state index < -0.39 is 0 Å². The summed E-state index contributed by atoms with van der Waals surface area (Å²) in [6.07, 6.45) is 1.97. The highest BCUT2D eigenvalue weighted by atomic mass is 15.5. The molecule has 0 atom stereocenters. The Kier molecular flexibility index (Phi) is 4.98. The van der Waals surface area contributed by atoms with Gasteiger partial charge in [0.1, 0.15) is 0 Å². The van der Waals surface area contributed by atoms with Gasteiger partial charge in [0.25, 0.3) is 0 Å². The summed E-state index contributed by atoms with van der Waals surface area (Å²) in [4.78, 5) is 2.53. The van der Waals surface area contributed by atoms with Gasteiger partial charge >= 0.3 is 0 Å². The Morgan fingerprint density at radius 1 is 0.846 bits per heavy atom. The van der Waals surface area contributed by atoms with Crippen LogP contribution in [0, 0.1) is 6.92 Å². The van der Waals surface area contributed by atoms with Crippen molar-refractivity contribution in [2.24, 2.45) is 5.10 Å². The van der Waals surface area contributed by atoms with Gasteiger partial charge in [0, 0.05) is 32.7 Å². The van der Waals surface area contributed by atoms with Crippen molar-refractivity contribution in [2.75, 3.05) is 26.2 Å². The molecule has 3 aromatic rings. The van der Waals surface area contributed by atoms with E-state index in [0.29, 0.717) is 0 Å². The molecule has 132 valence electrons. The minimum absolute atomic E-state index is 0.979. The number of hydrogen-bond donors (Lipinski definition) is 0. The van der Waals surface area contributed by atoms with Gasteiger partial charge < -0.3 is 0 Å². The van der Waals surface area contributed by atoms with Gasteiger partial charge in [0.05, 0.1) is 6.21 Å². The molecule has 1 heterocycles. The van der Waals surface area contributed by atoms with Crippen LogP contribution in [-0.4, -0.2) is 42.3 Å². The van der Waals surface area contributed by atoms with Crippen LogP contribution in [0.4, 0.5) is 0 Å². The van der Waals surface area contributed by atoms with E-state index in [-0.39, 0.29) is 0 Å². The van der Waals surface area contributed by atoms with E-state index in [1.807, 2.05) is 6.21 Å². The van der Waals surface area contributed by atoms with Crippen molar-refractivity contribution in [3.05, 3.63) is 83.4 Å². The normalized spacial score (nSPS) is 15.8. The largest absolute Gasteiger partial charge is 0.295 e. The molecule has 1 fully saturated rings. The maximum atomic E-state index is 4.66.